The molecule has 5 nitrogen and oxygen atoms in total. The summed E-state index contributed by atoms with van der Waals surface area (Å²) in [6, 6.07) is 4.01. The first-order valence-corrected chi connectivity index (χ1v) is 5.47. The number of ketones is 1. The second-order valence-electron chi connectivity index (χ2n) is 2.40. The number of benzene rings is 1. The highest BCUT2D eigenvalue weighted by Crippen LogP contribution is 2.27. The van der Waals surface area contributed by atoms with Gasteiger partial charge in [0, 0.05) is 5.56 Å². The molecule has 0 atom stereocenters. The minimum Gasteiger partial charge on any atom is -0.336 e. The molecule has 0 saturated heterocycles. The van der Waals surface area contributed by atoms with Gasteiger partial charge in [-0.1, -0.05) is 27.7 Å². The van der Waals surface area contributed by atoms with Crippen LogP contribution in [0.25, 0.3) is 0 Å². The molecule has 0 unspecified atom stereocenters. The van der Waals surface area contributed by atoms with Gasteiger partial charge in [-0.3, -0.25) is 4.79 Å². The average molecular weight is 244 g/mol. The van der Waals surface area contributed by atoms with Gasteiger partial charge in [0.1, 0.15) is 0 Å². The van der Waals surface area contributed by atoms with Crippen molar-refractivity contribution in [1.82, 2.24) is 0 Å². The standard InChI is InChI=1S/C8H8O5.2C2H6/c1-5(9)6-2-3-7(12-10)8(4-6)13-11;2*1-2/h2-4,10-11H,1H3;2*1-2H3. The molecule has 0 spiro atoms. The normalized spacial score (nSPS) is 7.94. The van der Waals surface area contributed by atoms with Gasteiger partial charge in [0.2, 0.25) is 11.5 Å². The van der Waals surface area contributed by atoms with E-state index in [0.717, 1.165) is 0 Å². The molecule has 1 aromatic rings. The van der Waals surface area contributed by atoms with E-state index in [4.69, 9.17) is 10.5 Å². The van der Waals surface area contributed by atoms with Gasteiger partial charge in [-0.15, -0.1) is 0 Å². The highest BCUT2D eigenvalue weighted by Gasteiger charge is 2.09. The first-order chi connectivity index (χ1) is 8.19. The van der Waals surface area contributed by atoms with Crippen LogP contribution in [0.5, 0.6) is 11.5 Å². The Morgan fingerprint density at radius 3 is 1.82 bits per heavy atom. The molecule has 0 aliphatic heterocycles. The third-order valence-corrected chi connectivity index (χ3v) is 1.55. The van der Waals surface area contributed by atoms with Crippen molar-refractivity contribution in [1.29, 1.82) is 0 Å². The number of carbonyl (C=O) groups is 1. The highest BCUT2D eigenvalue weighted by molar-refractivity contribution is 5.94. The number of hydrogen-bond donors (Lipinski definition) is 2. The first-order valence-electron chi connectivity index (χ1n) is 5.47. The molecule has 0 fully saturated rings. The summed E-state index contributed by atoms with van der Waals surface area (Å²) in [5, 5.41) is 16.7. The van der Waals surface area contributed by atoms with Gasteiger partial charge < -0.3 is 9.78 Å². The predicted molar refractivity (Wildman–Crippen MR) is 65.7 cm³/mol. The van der Waals surface area contributed by atoms with Crippen LogP contribution in [0.15, 0.2) is 18.2 Å². The van der Waals surface area contributed by atoms with E-state index in [-0.39, 0.29) is 17.3 Å². The Morgan fingerprint density at radius 2 is 1.47 bits per heavy atom. The molecule has 1 rings (SSSR count). The summed E-state index contributed by atoms with van der Waals surface area (Å²) < 4.78 is 0. The van der Waals surface area contributed by atoms with E-state index in [1.54, 1.807) is 0 Å². The molecule has 2 N–H and O–H groups in total. The summed E-state index contributed by atoms with van der Waals surface area (Å²) in [6.45, 7) is 9.37. The van der Waals surface area contributed by atoms with Gasteiger partial charge >= 0.3 is 0 Å². The van der Waals surface area contributed by atoms with Crippen molar-refractivity contribution in [3.63, 3.8) is 0 Å². The van der Waals surface area contributed by atoms with Crippen LogP contribution < -0.4 is 9.78 Å². The molecule has 0 aromatic heterocycles. The maximum atomic E-state index is 10.9. The summed E-state index contributed by atoms with van der Waals surface area (Å²) in [4.78, 5) is 18.6. The monoisotopic (exact) mass is 244 g/mol. The molecule has 0 bridgehead atoms. The SMILES string of the molecule is CC.CC.CC(=O)c1ccc(OO)c(OO)c1. The summed E-state index contributed by atoms with van der Waals surface area (Å²) in [5.74, 6) is -0.356. The van der Waals surface area contributed by atoms with Crippen molar-refractivity contribution in [3.8, 4) is 11.5 Å². The lowest BCUT2D eigenvalue weighted by molar-refractivity contribution is -0.164. The molecule has 98 valence electrons. The lowest BCUT2D eigenvalue weighted by Crippen LogP contribution is -1.96. The van der Waals surface area contributed by atoms with E-state index in [1.807, 2.05) is 27.7 Å². The Bertz CT molecular complexity index is 323. The molecule has 0 radical (unpaired) electrons. The van der Waals surface area contributed by atoms with Gasteiger partial charge in [-0.25, -0.2) is 10.5 Å². The molecule has 0 heterocycles. The fourth-order valence-corrected chi connectivity index (χ4v) is 0.874. The zero-order valence-electron chi connectivity index (χ0n) is 10.9. The number of rotatable bonds is 3. The largest absolute Gasteiger partial charge is 0.336 e. The second kappa shape index (κ2) is 10.9. The number of Topliss-reactive ketones (excluding diaryl/α,β-unsaturated/α-hetero) is 1. The Labute approximate surface area is 101 Å². The summed E-state index contributed by atoms with van der Waals surface area (Å²) >= 11 is 0. The van der Waals surface area contributed by atoms with Crippen LogP contribution >= 0.6 is 0 Å². The quantitative estimate of drug-likeness (QED) is 0.482. The zero-order valence-corrected chi connectivity index (χ0v) is 10.9. The maximum Gasteiger partial charge on any atom is 0.211 e. The van der Waals surface area contributed by atoms with Crippen molar-refractivity contribution >= 4 is 5.78 Å². The van der Waals surface area contributed by atoms with Crippen LogP contribution in [0.2, 0.25) is 0 Å². The van der Waals surface area contributed by atoms with Gasteiger partial charge in [-0.2, -0.15) is 0 Å². The van der Waals surface area contributed by atoms with E-state index >= 15 is 0 Å². The Hall–Kier alpha value is -1.59. The smallest absolute Gasteiger partial charge is 0.211 e. The van der Waals surface area contributed by atoms with Crippen LogP contribution in [0.1, 0.15) is 45.0 Å². The minimum atomic E-state index is -0.178. The first kappa shape index (κ1) is 17.8. The predicted octanol–water partition coefficient (Wildman–Crippen LogP) is 3.65. The van der Waals surface area contributed by atoms with Crippen LogP contribution in [0.3, 0.4) is 0 Å². The summed E-state index contributed by atoms with van der Waals surface area (Å²) in [5.41, 5.74) is 0.352. The van der Waals surface area contributed by atoms with E-state index in [9.17, 15) is 4.79 Å². The third-order valence-electron chi connectivity index (χ3n) is 1.55. The van der Waals surface area contributed by atoms with E-state index < -0.39 is 0 Å². The summed E-state index contributed by atoms with van der Waals surface area (Å²) in [7, 11) is 0. The molecule has 1 aromatic carbocycles. The second-order valence-corrected chi connectivity index (χ2v) is 2.40. The van der Waals surface area contributed by atoms with Crippen LogP contribution in [-0.2, 0) is 0 Å². The topological polar surface area (TPSA) is 76.0 Å². The molecule has 0 amide bonds. The van der Waals surface area contributed by atoms with Crippen molar-refractivity contribution in [2.75, 3.05) is 0 Å². The number of carbonyl (C=O) groups excluding carboxylic acids is 1. The van der Waals surface area contributed by atoms with Crippen molar-refractivity contribution in [2.45, 2.75) is 34.6 Å². The highest BCUT2D eigenvalue weighted by atomic mass is 17.1. The molecule has 5 heteroatoms. The van der Waals surface area contributed by atoms with Crippen LogP contribution in [-0.4, -0.2) is 16.3 Å². The minimum absolute atomic E-state index is 0.0625. The van der Waals surface area contributed by atoms with E-state index in [2.05, 4.69) is 9.78 Å². The van der Waals surface area contributed by atoms with E-state index in [0.29, 0.717) is 5.56 Å². The lowest BCUT2D eigenvalue weighted by atomic mass is 10.1. The number of hydrogen-bond acceptors (Lipinski definition) is 5. The lowest BCUT2D eigenvalue weighted by Gasteiger charge is -2.03. The zero-order chi connectivity index (χ0) is 13.8. The maximum absolute atomic E-state index is 10.9. The average Bonchev–Trinajstić information content (AvgIpc) is 2.42. The molecule has 0 aliphatic rings. The Morgan fingerprint density at radius 1 is 1.00 bits per heavy atom. The Kier molecular flexibility index (Phi) is 11.4. The van der Waals surface area contributed by atoms with E-state index in [1.165, 1.54) is 25.1 Å². The van der Waals surface area contributed by atoms with Crippen molar-refractivity contribution < 1.29 is 25.1 Å². The van der Waals surface area contributed by atoms with Crippen molar-refractivity contribution in [2.24, 2.45) is 0 Å². The van der Waals surface area contributed by atoms with Gasteiger partial charge in [0.25, 0.3) is 0 Å². The summed E-state index contributed by atoms with van der Waals surface area (Å²) in [6.07, 6.45) is 0. The van der Waals surface area contributed by atoms with Gasteiger partial charge in [-0.05, 0) is 25.1 Å². The molecule has 17 heavy (non-hydrogen) atoms. The van der Waals surface area contributed by atoms with Gasteiger partial charge in [0.15, 0.2) is 5.78 Å². The molecular weight excluding hydrogens is 224 g/mol. The Balaban J connectivity index is 0. The third kappa shape index (κ3) is 5.89. The molecule has 0 saturated carbocycles. The van der Waals surface area contributed by atoms with Crippen LogP contribution in [0.4, 0.5) is 0 Å². The fraction of sp³-hybridized carbons (Fsp3) is 0.417. The van der Waals surface area contributed by atoms with Crippen LogP contribution in [0, 0.1) is 0 Å². The van der Waals surface area contributed by atoms with Gasteiger partial charge in [0.05, 0.1) is 0 Å². The molecule has 0 aliphatic carbocycles. The molecular formula is C12H20O5. The fourth-order valence-electron chi connectivity index (χ4n) is 0.874. The van der Waals surface area contributed by atoms with Crippen molar-refractivity contribution in [3.05, 3.63) is 23.8 Å².